The Morgan fingerprint density at radius 3 is 2.33 bits per heavy atom. The van der Waals surface area contributed by atoms with Crippen molar-refractivity contribution in [3.8, 4) is 0 Å². The number of hydrogen-bond acceptors (Lipinski definition) is 5. The van der Waals surface area contributed by atoms with Crippen molar-refractivity contribution < 1.29 is 19.6 Å². The van der Waals surface area contributed by atoms with Gasteiger partial charge in [0.1, 0.15) is 6.04 Å². The van der Waals surface area contributed by atoms with Crippen LogP contribution < -0.4 is 21.7 Å². The van der Waals surface area contributed by atoms with Gasteiger partial charge in [-0.3, -0.25) is 14.6 Å². The van der Waals surface area contributed by atoms with Gasteiger partial charge in [0.05, 0.1) is 5.94 Å². The van der Waals surface area contributed by atoms with Crippen LogP contribution in [0.15, 0.2) is 4.99 Å². The fraction of sp³-hybridized carbons (Fsp3) is 0.786. The molecule has 7 N–H and O–H groups in total. The summed E-state index contributed by atoms with van der Waals surface area (Å²) in [7, 11) is -0.0955. The van der Waals surface area contributed by atoms with Gasteiger partial charge in [0.2, 0.25) is 11.8 Å². The number of hydrogen-bond donors (Lipinski definition) is 6. The molecule has 0 heterocycles. The maximum atomic E-state index is 12.3. The summed E-state index contributed by atoms with van der Waals surface area (Å²) in [5.41, 5.74) is 5.51. The number of carbonyl (C=O) groups is 2. The average Bonchev–Trinajstić information content (AvgIpc) is 2.48. The molecule has 0 unspecified atom stereocenters. The van der Waals surface area contributed by atoms with Crippen LogP contribution in [0, 0.1) is 5.92 Å². The van der Waals surface area contributed by atoms with Gasteiger partial charge < -0.3 is 31.7 Å². The molecule has 0 aromatic carbocycles. The molecule has 0 spiro atoms. The number of amides is 2. The molecule has 10 heteroatoms. The third kappa shape index (κ3) is 10.1. The van der Waals surface area contributed by atoms with Crippen molar-refractivity contribution in [3.63, 3.8) is 0 Å². The largest absolute Gasteiger partial charge is 0.475 e. The van der Waals surface area contributed by atoms with Crippen LogP contribution in [0.4, 0.5) is 0 Å². The lowest BCUT2D eigenvalue weighted by Gasteiger charge is -2.24. The summed E-state index contributed by atoms with van der Waals surface area (Å²) in [6.07, 6.45) is 1.37. The second kappa shape index (κ2) is 11.7. The smallest absolute Gasteiger partial charge is 0.426 e. The van der Waals surface area contributed by atoms with Crippen LogP contribution in [0.3, 0.4) is 0 Å². The van der Waals surface area contributed by atoms with Crippen molar-refractivity contribution in [2.75, 3.05) is 13.6 Å². The molecule has 0 aromatic heterocycles. The van der Waals surface area contributed by atoms with Crippen LogP contribution in [0.2, 0.25) is 0 Å². The van der Waals surface area contributed by atoms with Crippen LogP contribution in [0.25, 0.3) is 0 Å². The predicted octanol–water partition coefficient (Wildman–Crippen LogP) is -1.65. The summed E-state index contributed by atoms with van der Waals surface area (Å²) < 4.78 is 0. The number of guanidine groups is 1. The highest BCUT2D eigenvalue weighted by Gasteiger charge is 2.29. The molecule has 0 fully saturated rings. The van der Waals surface area contributed by atoms with E-state index >= 15 is 0 Å². The van der Waals surface area contributed by atoms with E-state index in [1.807, 2.05) is 13.8 Å². The molecular weight excluding hydrogens is 313 g/mol. The lowest BCUT2D eigenvalue weighted by molar-refractivity contribution is -0.128. The SMILES string of the molecule is CN=C(N)NCCC[C@H](NC(C)=O)C(=O)N[C@@H](CC(C)C)B(O)O. The Labute approximate surface area is 143 Å². The van der Waals surface area contributed by atoms with Crippen molar-refractivity contribution in [1.82, 2.24) is 16.0 Å². The molecule has 0 rings (SSSR count). The van der Waals surface area contributed by atoms with Crippen LogP contribution in [-0.4, -0.2) is 60.5 Å². The molecule has 2 amide bonds. The predicted molar refractivity (Wildman–Crippen MR) is 94.0 cm³/mol. The normalized spacial score (nSPS) is 14.0. The number of rotatable bonds is 10. The standard InChI is InChI=1S/C14H30BN5O4/c1-9(2)8-12(15(23)24)20-13(22)11(19-10(3)21)6-5-7-18-14(16)17-4/h9,11-12,23-24H,5-8H2,1-4H3,(H,19,21)(H,20,22)(H3,16,17,18)/t11-,12-/m0/s1. The lowest BCUT2D eigenvalue weighted by Crippen LogP contribution is -2.54. The number of nitrogens with one attached hydrogen (secondary N) is 3. The van der Waals surface area contributed by atoms with Crippen molar-refractivity contribution in [2.24, 2.45) is 16.6 Å². The van der Waals surface area contributed by atoms with Crippen molar-refractivity contribution in [1.29, 1.82) is 0 Å². The second-order valence-electron chi connectivity index (χ2n) is 6.09. The van der Waals surface area contributed by atoms with Crippen LogP contribution >= 0.6 is 0 Å². The number of nitrogens with two attached hydrogens (primary N) is 1. The summed E-state index contributed by atoms with van der Waals surface area (Å²) in [5.74, 6) is -1.08. The molecule has 0 aliphatic rings. The Bertz CT molecular complexity index is 431. The van der Waals surface area contributed by atoms with Gasteiger partial charge in [-0.25, -0.2) is 0 Å². The van der Waals surface area contributed by atoms with Crippen molar-refractivity contribution in [2.45, 2.75) is 52.0 Å². The zero-order valence-electron chi connectivity index (χ0n) is 14.9. The summed E-state index contributed by atoms with van der Waals surface area (Å²) in [4.78, 5) is 27.4. The van der Waals surface area contributed by atoms with Crippen molar-refractivity contribution >= 4 is 24.9 Å². The minimum absolute atomic E-state index is 0.178. The summed E-state index contributed by atoms with van der Waals surface area (Å²) in [5, 5.41) is 26.8. The van der Waals surface area contributed by atoms with E-state index < -0.39 is 25.0 Å². The van der Waals surface area contributed by atoms with Gasteiger partial charge in [-0.05, 0) is 25.2 Å². The molecule has 0 bridgehead atoms. The van der Waals surface area contributed by atoms with Crippen LogP contribution in [-0.2, 0) is 9.59 Å². The summed E-state index contributed by atoms with van der Waals surface area (Å²) >= 11 is 0. The van der Waals surface area contributed by atoms with E-state index in [-0.39, 0.29) is 11.8 Å². The van der Waals surface area contributed by atoms with Crippen molar-refractivity contribution in [3.05, 3.63) is 0 Å². The molecule has 0 saturated carbocycles. The van der Waals surface area contributed by atoms with Gasteiger partial charge in [0.25, 0.3) is 0 Å². The first-order valence-electron chi connectivity index (χ1n) is 8.07. The van der Waals surface area contributed by atoms with Gasteiger partial charge in [0, 0.05) is 20.5 Å². The Morgan fingerprint density at radius 1 is 1.25 bits per heavy atom. The second-order valence-corrected chi connectivity index (χ2v) is 6.09. The first-order valence-corrected chi connectivity index (χ1v) is 8.07. The van der Waals surface area contributed by atoms with Gasteiger partial charge >= 0.3 is 7.12 Å². The molecule has 0 aromatic rings. The third-order valence-electron chi connectivity index (χ3n) is 3.32. The first kappa shape index (κ1) is 22.2. The monoisotopic (exact) mass is 343 g/mol. The van der Waals surface area contributed by atoms with Gasteiger partial charge in [-0.1, -0.05) is 13.8 Å². The van der Waals surface area contributed by atoms with E-state index in [4.69, 9.17) is 5.73 Å². The molecule has 9 nitrogen and oxygen atoms in total. The first-order chi connectivity index (χ1) is 11.2. The number of aliphatic imine (C=N–C) groups is 1. The van der Waals surface area contributed by atoms with E-state index in [1.165, 1.54) is 6.92 Å². The molecule has 0 aliphatic carbocycles. The quantitative estimate of drug-likeness (QED) is 0.121. The number of nitrogens with zero attached hydrogens (tertiary/aromatic N) is 1. The molecule has 24 heavy (non-hydrogen) atoms. The third-order valence-corrected chi connectivity index (χ3v) is 3.32. The molecule has 138 valence electrons. The molecule has 2 atom stereocenters. The van der Waals surface area contributed by atoms with Gasteiger partial charge in [0.15, 0.2) is 5.96 Å². The Hall–Kier alpha value is -1.81. The lowest BCUT2D eigenvalue weighted by atomic mass is 9.75. The Balaban J connectivity index is 4.65. The zero-order chi connectivity index (χ0) is 18.7. The summed E-state index contributed by atoms with van der Waals surface area (Å²) in [6, 6.07) is -0.752. The van der Waals surface area contributed by atoms with E-state index in [0.717, 1.165) is 0 Å². The Morgan fingerprint density at radius 2 is 1.88 bits per heavy atom. The van der Waals surface area contributed by atoms with Gasteiger partial charge in [-0.2, -0.15) is 0 Å². The fourth-order valence-corrected chi connectivity index (χ4v) is 2.16. The average molecular weight is 343 g/mol. The van der Waals surface area contributed by atoms with E-state index in [0.29, 0.717) is 31.8 Å². The van der Waals surface area contributed by atoms with E-state index in [1.54, 1.807) is 7.05 Å². The highest BCUT2D eigenvalue weighted by Crippen LogP contribution is 2.07. The highest BCUT2D eigenvalue weighted by molar-refractivity contribution is 6.43. The molecular formula is C14H30BN5O4. The Kier molecular flexibility index (Phi) is 10.8. The fourth-order valence-electron chi connectivity index (χ4n) is 2.16. The van der Waals surface area contributed by atoms with Crippen LogP contribution in [0.5, 0.6) is 0 Å². The van der Waals surface area contributed by atoms with Crippen LogP contribution in [0.1, 0.15) is 40.0 Å². The molecule has 0 saturated heterocycles. The minimum Gasteiger partial charge on any atom is -0.426 e. The highest BCUT2D eigenvalue weighted by atomic mass is 16.4. The van der Waals surface area contributed by atoms with E-state index in [2.05, 4.69) is 20.9 Å². The maximum Gasteiger partial charge on any atom is 0.475 e. The molecule has 0 radical (unpaired) electrons. The number of carbonyl (C=O) groups excluding carboxylic acids is 2. The maximum absolute atomic E-state index is 12.3. The van der Waals surface area contributed by atoms with Gasteiger partial charge in [-0.15, -0.1) is 0 Å². The molecule has 0 aliphatic heterocycles. The topological polar surface area (TPSA) is 149 Å². The minimum atomic E-state index is -1.66. The zero-order valence-corrected chi connectivity index (χ0v) is 14.9. The summed E-state index contributed by atoms with van der Waals surface area (Å²) in [6.45, 7) is 5.66. The van der Waals surface area contributed by atoms with E-state index in [9.17, 15) is 19.6 Å².